The molecule has 3 aromatic rings. The van der Waals surface area contributed by atoms with Crippen LogP contribution in [0, 0.1) is 11.7 Å². The van der Waals surface area contributed by atoms with Crippen LogP contribution in [0.3, 0.4) is 0 Å². The molecule has 0 spiro atoms. The fourth-order valence-electron chi connectivity index (χ4n) is 3.15. The predicted octanol–water partition coefficient (Wildman–Crippen LogP) is 4.67. The number of aromatic hydroxyl groups is 1. The van der Waals surface area contributed by atoms with Gasteiger partial charge in [-0.15, -0.1) is 0 Å². The number of carbonyl (C=O) groups excluding carboxylic acids is 2. The number of benzene rings is 3. The van der Waals surface area contributed by atoms with E-state index in [0.717, 1.165) is 29.0 Å². The summed E-state index contributed by atoms with van der Waals surface area (Å²) in [5.41, 5.74) is 2.29. The largest absolute Gasteiger partial charge is 0.505 e. The van der Waals surface area contributed by atoms with Crippen molar-refractivity contribution in [3.05, 3.63) is 84.2 Å². The number of carbonyl (C=O) groups is 2. The molecule has 0 unspecified atom stereocenters. The lowest BCUT2D eigenvalue weighted by molar-refractivity contribution is -0.124. The summed E-state index contributed by atoms with van der Waals surface area (Å²) in [5, 5.41) is 22.6. The minimum atomic E-state index is -0.979. The van der Waals surface area contributed by atoms with E-state index >= 15 is 0 Å². The van der Waals surface area contributed by atoms with Crippen molar-refractivity contribution in [1.82, 2.24) is 5.48 Å². The molecule has 7 nitrogen and oxygen atoms in total. The molecule has 0 aliphatic rings. The molecule has 8 heteroatoms. The Kier molecular flexibility index (Phi) is 6.84. The van der Waals surface area contributed by atoms with Gasteiger partial charge in [-0.2, -0.15) is 0 Å². The van der Waals surface area contributed by atoms with E-state index in [4.69, 9.17) is 9.94 Å². The van der Waals surface area contributed by atoms with E-state index in [1.807, 2.05) is 30.3 Å². The molecule has 0 radical (unpaired) electrons. The van der Waals surface area contributed by atoms with E-state index in [1.165, 1.54) is 17.6 Å². The zero-order valence-electron chi connectivity index (χ0n) is 16.6. The SMILES string of the molecule is C[C@H](/C=C/C(=O)NO)[C@@H](OC(=O)Nc1cccc2ccccc12)c1ccc(O)c(F)c1. The number of rotatable bonds is 6. The van der Waals surface area contributed by atoms with Crippen LogP contribution in [0.2, 0.25) is 0 Å². The zero-order chi connectivity index (χ0) is 22.4. The number of halogens is 1. The highest BCUT2D eigenvalue weighted by Gasteiger charge is 2.24. The van der Waals surface area contributed by atoms with Gasteiger partial charge >= 0.3 is 6.09 Å². The Hall–Kier alpha value is -3.91. The highest BCUT2D eigenvalue weighted by atomic mass is 19.1. The van der Waals surface area contributed by atoms with E-state index in [-0.39, 0.29) is 5.56 Å². The van der Waals surface area contributed by atoms with Crippen molar-refractivity contribution < 1.29 is 29.0 Å². The van der Waals surface area contributed by atoms with Crippen LogP contribution in [-0.2, 0) is 9.53 Å². The van der Waals surface area contributed by atoms with Gasteiger partial charge in [-0.1, -0.05) is 55.5 Å². The molecule has 4 N–H and O–H groups in total. The Bertz CT molecular complexity index is 1130. The van der Waals surface area contributed by atoms with Crippen LogP contribution in [0.15, 0.2) is 72.8 Å². The average molecular weight is 424 g/mol. The summed E-state index contributed by atoms with van der Waals surface area (Å²) >= 11 is 0. The molecular formula is C23H21FN2O5. The Labute approximate surface area is 177 Å². The van der Waals surface area contributed by atoms with Crippen molar-refractivity contribution in [2.75, 3.05) is 5.32 Å². The smallest absolute Gasteiger partial charge is 0.412 e. The van der Waals surface area contributed by atoms with Crippen molar-refractivity contribution in [2.24, 2.45) is 5.92 Å². The second-order valence-corrected chi connectivity index (χ2v) is 6.88. The first kappa shape index (κ1) is 21.8. The zero-order valence-corrected chi connectivity index (χ0v) is 16.6. The van der Waals surface area contributed by atoms with Crippen LogP contribution in [0.1, 0.15) is 18.6 Å². The fourth-order valence-corrected chi connectivity index (χ4v) is 3.15. The van der Waals surface area contributed by atoms with Gasteiger partial charge in [0.05, 0.1) is 5.69 Å². The minimum absolute atomic E-state index is 0.282. The van der Waals surface area contributed by atoms with Crippen LogP contribution in [-0.4, -0.2) is 22.3 Å². The van der Waals surface area contributed by atoms with Gasteiger partial charge in [-0.05, 0) is 29.1 Å². The lowest BCUT2D eigenvalue weighted by Gasteiger charge is -2.23. The molecule has 0 saturated carbocycles. The predicted molar refractivity (Wildman–Crippen MR) is 113 cm³/mol. The molecule has 2 atom stereocenters. The van der Waals surface area contributed by atoms with Crippen LogP contribution in [0.5, 0.6) is 5.75 Å². The summed E-state index contributed by atoms with van der Waals surface area (Å²) in [6.45, 7) is 1.65. The molecule has 2 amide bonds. The van der Waals surface area contributed by atoms with Gasteiger partial charge in [0.25, 0.3) is 5.91 Å². The molecule has 3 aromatic carbocycles. The van der Waals surface area contributed by atoms with Gasteiger partial charge in [-0.3, -0.25) is 15.3 Å². The first-order valence-electron chi connectivity index (χ1n) is 9.45. The molecular weight excluding hydrogens is 403 g/mol. The number of fused-ring (bicyclic) bond motifs is 1. The third-order valence-corrected chi connectivity index (χ3v) is 4.70. The van der Waals surface area contributed by atoms with E-state index in [9.17, 15) is 19.1 Å². The van der Waals surface area contributed by atoms with E-state index in [0.29, 0.717) is 5.69 Å². The van der Waals surface area contributed by atoms with Crippen molar-refractivity contribution >= 4 is 28.5 Å². The van der Waals surface area contributed by atoms with Crippen molar-refractivity contribution in [1.29, 1.82) is 0 Å². The Morgan fingerprint density at radius 2 is 1.84 bits per heavy atom. The van der Waals surface area contributed by atoms with E-state index < -0.39 is 35.6 Å². The lowest BCUT2D eigenvalue weighted by atomic mass is 9.96. The maximum Gasteiger partial charge on any atom is 0.412 e. The second-order valence-electron chi connectivity index (χ2n) is 6.88. The van der Waals surface area contributed by atoms with Gasteiger partial charge < -0.3 is 9.84 Å². The lowest BCUT2D eigenvalue weighted by Crippen LogP contribution is -2.22. The van der Waals surface area contributed by atoms with E-state index in [1.54, 1.807) is 19.1 Å². The van der Waals surface area contributed by atoms with Crippen LogP contribution in [0.4, 0.5) is 14.9 Å². The van der Waals surface area contributed by atoms with Crippen LogP contribution < -0.4 is 10.8 Å². The number of hydrogen-bond donors (Lipinski definition) is 4. The molecule has 31 heavy (non-hydrogen) atoms. The molecule has 0 bridgehead atoms. The number of hydrogen-bond acceptors (Lipinski definition) is 5. The number of hydroxylamine groups is 1. The first-order chi connectivity index (χ1) is 14.9. The van der Waals surface area contributed by atoms with Crippen molar-refractivity contribution in [3.8, 4) is 5.75 Å². The number of ether oxygens (including phenoxy) is 1. The summed E-state index contributed by atoms with van der Waals surface area (Å²) in [7, 11) is 0. The highest BCUT2D eigenvalue weighted by Crippen LogP contribution is 2.31. The number of phenols is 1. The van der Waals surface area contributed by atoms with Gasteiger partial charge in [0.1, 0.15) is 6.10 Å². The van der Waals surface area contributed by atoms with Crippen LogP contribution >= 0.6 is 0 Å². The Balaban J connectivity index is 1.86. The third-order valence-electron chi connectivity index (χ3n) is 4.70. The number of amides is 2. The van der Waals surface area contributed by atoms with Gasteiger partial charge in [-0.25, -0.2) is 14.7 Å². The maximum atomic E-state index is 13.9. The monoisotopic (exact) mass is 424 g/mol. The average Bonchev–Trinajstić information content (AvgIpc) is 2.77. The second kappa shape index (κ2) is 9.73. The van der Waals surface area contributed by atoms with Crippen molar-refractivity contribution in [3.63, 3.8) is 0 Å². The molecule has 0 aliphatic carbocycles. The highest BCUT2D eigenvalue weighted by molar-refractivity contribution is 6.00. The summed E-state index contributed by atoms with van der Waals surface area (Å²) in [6, 6.07) is 16.6. The molecule has 160 valence electrons. The van der Waals surface area contributed by atoms with Gasteiger partial charge in [0, 0.05) is 17.4 Å². The van der Waals surface area contributed by atoms with E-state index in [2.05, 4.69) is 5.32 Å². The third kappa shape index (κ3) is 5.37. The Morgan fingerprint density at radius 3 is 2.58 bits per heavy atom. The summed E-state index contributed by atoms with van der Waals surface area (Å²) in [5.74, 6) is -2.74. The fraction of sp³-hybridized carbons (Fsp3) is 0.130. The standard InChI is InChI=1S/C23H21FN2O5/c1-14(9-12-21(28)26-30)22(16-10-11-20(27)18(24)13-16)31-23(29)25-19-8-4-6-15-5-2-3-7-17(15)19/h2-14,22,27,30H,1H3,(H,25,29)(H,26,28)/b12-9+/t14-,22-/m1/s1. The summed E-state index contributed by atoms with van der Waals surface area (Å²) in [4.78, 5) is 24.0. The quantitative estimate of drug-likeness (QED) is 0.261. The summed E-state index contributed by atoms with van der Waals surface area (Å²) in [6.07, 6.45) is 0.724. The Morgan fingerprint density at radius 1 is 1.10 bits per heavy atom. The van der Waals surface area contributed by atoms with Gasteiger partial charge in [0.15, 0.2) is 11.6 Å². The maximum absolute atomic E-state index is 13.9. The van der Waals surface area contributed by atoms with Crippen molar-refractivity contribution in [2.45, 2.75) is 13.0 Å². The number of phenolic OH excluding ortho intramolecular Hbond substituents is 1. The topological polar surface area (TPSA) is 108 Å². The molecule has 0 fully saturated rings. The first-order valence-corrected chi connectivity index (χ1v) is 9.45. The molecule has 0 aliphatic heterocycles. The molecule has 3 rings (SSSR count). The van der Waals surface area contributed by atoms with Gasteiger partial charge in [0.2, 0.25) is 0 Å². The van der Waals surface area contributed by atoms with Crippen LogP contribution in [0.25, 0.3) is 10.8 Å². The minimum Gasteiger partial charge on any atom is -0.505 e. The number of nitrogens with one attached hydrogen (secondary N) is 2. The summed E-state index contributed by atoms with van der Waals surface area (Å²) < 4.78 is 19.5. The molecule has 0 saturated heterocycles. The molecule has 0 aromatic heterocycles. The normalized spacial score (nSPS) is 13.0. The molecule has 0 heterocycles. The number of anilines is 1.